The quantitative estimate of drug-likeness (QED) is 0.918. The minimum atomic E-state index is -4.32. The smallest absolute Gasteiger partial charge is 0.379 e. The third-order valence-corrected chi connectivity index (χ3v) is 3.70. The molecule has 0 amide bonds. The topological polar surface area (TPSA) is 29.9 Å². The number of nitrogens with zero attached hydrogens (tertiary/aromatic N) is 2. The molecule has 6 heteroatoms. The van der Waals surface area contributed by atoms with Gasteiger partial charge >= 0.3 is 6.18 Å². The number of imidazole rings is 1. The van der Waals surface area contributed by atoms with Crippen molar-refractivity contribution in [3.63, 3.8) is 0 Å². The Bertz CT molecular complexity index is 642. The minimum Gasteiger partial charge on any atom is -0.379 e. The van der Waals surface area contributed by atoms with E-state index in [2.05, 4.69) is 14.9 Å². The van der Waals surface area contributed by atoms with E-state index >= 15 is 0 Å². The highest BCUT2D eigenvalue weighted by molar-refractivity contribution is 5.49. The number of benzene rings is 1. The number of halogens is 3. The summed E-state index contributed by atoms with van der Waals surface area (Å²) in [7, 11) is 0. The number of rotatable bonds is 4. The van der Waals surface area contributed by atoms with E-state index in [0.717, 1.165) is 24.6 Å². The van der Waals surface area contributed by atoms with E-state index in [9.17, 15) is 13.2 Å². The lowest BCUT2D eigenvalue weighted by molar-refractivity contribution is -0.138. The molecule has 21 heavy (non-hydrogen) atoms. The second kappa shape index (κ2) is 5.09. The molecule has 1 heterocycles. The van der Waals surface area contributed by atoms with Gasteiger partial charge in [-0.3, -0.25) is 0 Å². The van der Waals surface area contributed by atoms with Crippen molar-refractivity contribution < 1.29 is 13.2 Å². The maximum Gasteiger partial charge on any atom is 0.416 e. The second-order valence-corrected chi connectivity index (χ2v) is 5.40. The van der Waals surface area contributed by atoms with E-state index in [4.69, 9.17) is 0 Å². The van der Waals surface area contributed by atoms with Gasteiger partial charge in [0.2, 0.25) is 0 Å². The normalized spacial score (nSPS) is 15.2. The van der Waals surface area contributed by atoms with Gasteiger partial charge in [-0.15, -0.1) is 0 Å². The van der Waals surface area contributed by atoms with Crippen LogP contribution in [0.25, 0.3) is 0 Å². The van der Waals surface area contributed by atoms with Crippen molar-refractivity contribution in [2.75, 3.05) is 5.32 Å². The molecule has 0 unspecified atom stereocenters. The summed E-state index contributed by atoms with van der Waals surface area (Å²) < 4.78 is 40.7. The largest absolute Gasteiger partial charge is 0.416 e. The number of nitrogens with one attached hydrogen (secondary N) is 1. The van der Waals surface area contributed by atoms with Crippen LogP contribution in [-0.2, 0) is 12.7 Å². The van der Waals surface area contributed by atoms with Crippen LogP contribution in [0.5, 0.6) is 0 Å². The Labute approximate surface area is 120 Å². The van der Waals surface area contributed by atoms with Crippen molar-refractivity contribution in [2.45, 2.75) is 38.5 Å². The Morgan fingerprint density at radius 2 is 2.10 bits per heavy atom. The number of aromatic nitrogens is 2. The molecular weight excluding hydrogens is 279 g/mol. The maximum atomic E-state index is 12.9. The average molecular weight is 295 g/mol. The first-order valence-electron chi connectivity index (χ1n) is 6.87. The monoisotopic (exact) mass is 295 g/mol. The fraction of sp³-hybridized carbons (Fsp3) is 0.400. The standard InChI is InChI=1S/C15H16F3N3/c1-10-2-3-11(6-14(10)15(16,17)18)20-8-13-7-19-9-21(13)12-4-5-12/h2-3,6-7,9,12,20H,4-5,8H2,1H3. The Kier molecular flexibility index (Phi) is 3.39. The first-order valence-corrected chi connectivity index (χ1v) is 6.87. The van der Waals surface area contributed by atoms with Crippen LogP contribution in [0.3, 0.4) is 0 Å². The molecule has 1 aliphatic carbocycles. The van der Waals surface area contributed by atoms with Crippen LogP contribution in [0.2, 0.25) is 0 Å². The Balaban J connectivity index is 1.74. The van der Waals surface area contributed by atoms with Crippen molar-refractivity contribution in [2.24, 2.45) is 0 Å². The lowest BCUT2D eigenvalue weighted by atomic mass is 10.1. The van der Waals surface area contributed by atoms with Gasteiger partial charge in [0, 0.05) is 17.9 Å². The molecule has 2 aromatic rings. The van der Waals surface area contributed by atoms with E-state index in [1.165, 1.54) is 13.0 Å². The number of hydrogen-bond donors (Lipinski definition) is 1. The van der Waals surface area contributed by atoms with Crippen molar-refractivity contribution in [3.8, 4) is 0 Å². The van der Waals surface area contributed by atoms with Crippen LogP contribution in [-0.4, -0.2) is 9.55 Å². The van der Waals surface area contributed by atoms with Gasteiger partial charge in [0.15, 0.2) is 0 Å². The van der Waals surface area contributed by atoms with E-state index < -0.39 is 11.7 Å². The number of anilines is 1. The zero-order valence-corrected chi connectivity index (χ0v) is 11.6. The van der Waals surface area contributed by atoms with Gasteiger partial charge in [-0.1, -0.05) is 6.07 Å². The van der Waals surface area contributed by atoms with Crippen LogP contribution in [0.15, 0.2) is 30.7 Å². The van der Waals surface area contributed by atoms with Gasteiger partial charge in [0.25, 0.3) is 0 Å². The van der Waals surface area contributed by atoms with Crippen molar-refractivity contribution in [3.05, 3.63) is 47.5 Å². The first kappa shape index (κ1) is 14.0. The molecule has 0 spiro atoms. The Morgan fingerprint density at radius 1 is 1.33 bits per heavy atom. The molecule has 0 atom stereocenters. The zero-order valence-electron chi connectivity index (χ0n) is 11.6. The minimum absolute atomic E-state index is 0.232. The summed E-state index contributed by atoms with van der Waals surface area (Å²) in [6.45, 7) is 1.94. The highest BCUT2D eigenvalue weighted by Gasteiger charge is 2.32. The molecule has 1 aromatic carbocycles. The summed E-state index contributed by atoms with van der Waals surface area (Å²) in [5, 5.41) is 3.05. The third-order valence-electron chi connectivity index (χ3n) is 3.70. The summed E-state index contributed by atoms with van der Waals surface area (Å²) in [5.74, 6) is 0. The molecule has 1 saturated carbocycles. The SMILES string of the molecule is Cc1ccc(NCc2cncn2C2CC2)cc1C(F)(F)F. The summed E-state index contributed by atoms with van der Waals surface area (Å²) in [6.07, 6.45) is 1.50. The molecule has 112 valence electrons. The fourth-order valence-electron chi connectivity index (χ4n) is 2.38. The Morgan fingerprint density at radius 3 is 2.76 bits per heavy atom. The third kappa shape index (κ3) is 3.04. The van der Waals surface area contributed by atoms with E-state index in [-0.39, 0.29) is 5.56 Å². The van der Waals surface area contributed by atoms with Crippen LogP contribution in [0.4, 0.5) is 18.9 Å². The number of alkyl halides is 3. The van der Waals surface area contributed by atoms with Gasteiger partial charge in [-0.25, -0.2) is 4.98 Å². The van der Waals surface area contributed by atoms with Crippen molar-refractivity contribution >= 4 is 5.69 Å². The first-order chi connectivity index (χ1) is 9.95. The second-order valence-electron chi connectivity index (χ2n) is 5.40. The summed E-state index contributed by atoms with van der Waals surface area (Å²) in [5.41, 5.74) is 1.10. The Hall–Kier alpha value is -1.98. The average Bonchev–Trinajstić information content (AvgIpc) is 3.15. The molecular formula is C15H16F3N3. The molecule has 1 aliphatic rings. The summed E-state index contributed by atoms with van der Waals surface area (Å²) >= 11 is 0. The number of aryl methyl sites for hydroxylation is 1. The molecule has 3 rings (SSSR count). The van der Waals surface area contributed by atoms with E-state index in [1.54, 1.807) is 18.6 Å². The fourth-order valence-corrected chi connectivity index (χ4v) is 2.38. The molecule has 0 saturated heterocycles. The van der Waals surface area contributed by atoms with Crippen LogP contribution < -0.4 is 5.32 Å². The predicted octanol–water partition coefficient (Wildman–Crippen LogP) is 4.16. The molecule has 0 radical (unpaired) electrons. The van der Waals surface area contributed by atoms with Crippen LogP contribution in [0, 0.1) is 6.92 Å². The van der Waals surface area contributed by atoms with Gasteiger partial charge in [-0.2, -0.15) is 13.2 Å². The van der Waals surface area contributed by atoms with Crippen molar-refractivity contribution in [1.29, 1.82) is 0 Å². The maximum absolute atomic E-state index is 12.9. The highest BCUT2D eigenvalue weighted by atomic mass is 19.4. The summed E-state index contributed by atoms with van der Waals surface area (Å²) in [4.78, 5) is 4.11. The van der Waals surface area contributed by atoms with Crippen LogP contribution >= 0.6 is 0 Å². The molecule has 0 bridgehead atoms. The molecule has 1 fully saturated rings. The van der Waals surface area contributed by atoms with E-state index in [0.29, 0.717) is 18.3 Å². The molecule has 3 nitrogen and oxygen atoms in total. The number of hydrogen-bond acceptors (Lipinski definition) is 2. The summed E-state index contributed by atoms with van der Waals surface area (Å²) in [6, 6.07) is 4.83. The zero-order chi connectivity index (χ0) is 15.0. The lowest BCUT2D eigenvalue weighted by Crippen LogP contribution is -2.10. The van der Waals surface area contributed by atoms with Gasteiger partial charge in [0.05, 0.1) is 24.1 Å². The highest BCUT2D eigenvalue weighted by Crippen LogP contribution is 2.36. The lowest BCUT2D eigenvalue weighted by Gasteiger charge is -2.14. The molecule has 1 N–H and O–H groups in total. The van der Waals surface area contributed by atoms with Gasteiger partial charge in [0.1, 0.15) is 0 Å². The molecule has 1 aromatic heterocycles. The van der Waals surface area contributed by atoms with Crippen LogP contribution in [0.1, 0.15) is 35.7 Å². The molecule has 0 aliphatic heterocycles. The predicted molar refractivity (Wildman–Crippen MR) is 74.0 cm³/mol. The van der Waals surface area contributed by atoms with Crippen molar-refractivity contribution in [1.82, 2.24) is 9.55 Å². The van der Waals surface area contributed by atoms with E-state index in [1.807, 2.05) is 0 Å². The van der Waals surface area contributed by atoms with Gasteiger partial charge in [-0.05, 0) is 37.5 Å². The van der Waals surface area contributed by atoms with Gasteiger partial charge < -0.3 is 9.88 Å².